The molecule has 0 atom stereocenters. The van der Waals surface area contributed by atoms with E-state index in [0.717, 1.165) is 31.9 Å². The van der Waals surface area contributed by atoms with Gasteiger partial charge in [0.15, 0.2) is 0 Å². The Morgan fingerprint density at radius 2 is 1.71 bits per heavy atom. The number of rotatable bonds is 5. The Bertz CT molecular complexity index is 649. The number of benzene rings is 1. The molecule has 1 aromatic heterocycles. The van der Waals surface area contributed by atoms with E-state index >= 15 is 0 Å². The van der Waals surface area contributed by atoms with Gasteiger partial charge >= 0.3 is 0 Å². The number of carbonyl (C=O) groups is 1. The molecule has 0 bridgehead atoms. The normalized spacial score (nSPS) is 15.3. The Balaban J connectivity index is 1.57. The smallest absolute Gasteiger partial charge is 0.255 e. The molecule has 126 valence electrons. The molecule has 0 spiro atoms. The average Bonchev–Trinajstić information content (AvgIpc) is 2.64. The van der Waals surface area contributed by atoms with Gasteiger partial charge in [-0.05, 0) is 49.4 Å². The molecule has 0 aliphatic carbocycles. The molecule has 0 unspecified atom stereocenters. The van der Waals surface area contributed by atoms with E-state index < -0.39 is 0 Å². The Hall–Kier alpha value is -2.40. The summed E-state index contributed by atoms with van der Waals surface area (Å²) in [4.78, 5) is 21.0. The minimum absolute atomic E-state index is 0.113. The number of nitrogens with zero attached hydrogens (tertiary/aromatic N) is 3. The van der Waals surface area contributed by atoms with Gasteiger partial charge in [-0.25, -0.2) is 0 Å². The van der Waals surface area contributed by atoms with Crippen LogP contribution in [-0.4, -0.2) is 48.5 Å². The van der Waals surface area contributed by atoms with Crippen molar-refractivity contribution in [1.82, 2.24) is 9.88 Å². The summed E-state index contributed by atoms with van der Waals surface area (Å²) in [5, 5.41) is 2.92. The standard InChI is InChI=1S/C19H24N4O/c1-2-11-22-12-14-23(15-13-22)18-5-3-17(4-6-18)21-19(24)16-7-9-20-10-8-16/h3-10H,2,11-15H2,1H3,(H,21,24). The van der Waals surface area contributed by atoms with Crippen molar-refractivity contribution in [3.8, 4) is 0 Å². The highest BCUT2D eigenvalue weighted by atomic mass is 16.1. The molecule has 3 rings (SSSR count). The second kappa shape index (κ2) is 7.93. The fourth-order valence-corrected chi connectivity index (χ4v) is 3.01. The van der Waals surface area contributed by atoms with Crippen molar-refractivity contribution < 1.29 is 4.79 Å². The third-order valence-electron chi connectivity index (χ3n) is 4.34. The van der Waals surface area contributed by atoms with Gasteiger partial charge in [-0.2, -0.15) is 0 Å². The molecule has 2 aromatic rings. The quantitative estimate of drug-likeness (QED) is 0.919. The molecular formula is C19H24N4O. The van der Waals surface area contributed by atoms with Crippen molar-refractivity contribution in [3.05, 3.63) is 54.4 Å². The zero-order valence-electron chi connectivity index (χ0n) is 14.1. The second-order valence-corrected chi connectivity index (χ2v) is 6.07. The molecule has 1 aliphatic heterocycles. The van der Waals surface area contributed by atoms with Crippen molar-refractivity contribution >= 4 is 17.3 Å². The second-order valence-electron chi connectivity index (χ2n) is 6.07. The number of hydrogen-bond acceptors (Lipinski definition) is 4. The van der Waals surface area contributed by atoms with Crippen LogP contribution in [0.25, 0.3) is 0 Å². The first kappa shape index (κ1) is 16.5. The Morgan fingerprint density at radius 1 is 1.04 bits per heavy atom. The van der Waals surface area contributed by atoms with Crippen LogP contribution in [0.4, 0.5) is 11.4 Å². The molecule has 1 aliphatic rings. The van der Waals surface area contributed by atoms with Crippen LogP contribution in [0.5, 0.6) is 0 Å². The Kier molecular flexibility index (Phi) is 5.43. The molecule has 1 amide bonds. The van der Waals surface area contributed by atoms with E-state index in [4.69, 9.17) is 0 Å². The Morgan fingerprint density at radius 3 is 2.33 bits per heavy atom. The van der Waals surface area contributed by atoms with Crippen molar-refractivity contribution in [3.63, 3.8) is 0 Å². The molecule has 0 radical (unpaired) electrons. The first-order valence-electron chi connectivity index (χ1n) is 8.55. The van der Waals surface area contributed by atoms with E-state index in [1.807, 2.05) is 12.1 Å². The lowest BCUT2D eigenvalue weighted by atomic mass is 10.2. The summed E-state index contributed by atoms with van der Waals surface area (Å²) in [6.45, 7) is 7.77. The maximum absolute atomic E-state index is 12.1. The highest BCUT2D eigenvalue weighted by molar-refractivity contribution is 6.04. The van der Waals surface area contributed by atoms with Crippen LogP contribution >= 0.6 is 0 Å². The summed E-state index contributed by atoms with van der Waals surface area (Å²) < 4.78 is 0. The molecule has 1 N–H and O–H groups in total. The first-order chi connectivity index (χ1) is 11.8. The zero-order chi connectivity index (χ0) is 16.8. The maximum Gasteiger partial charge on any atom is 0.255 e. The van der Waals surface area contributed by atoms with Crippen molar-refractivity contribution in [1.29, 1.82) is 0 Å². The number of anilines is 2. The monoisotopic (exact) mass is 324 g/mol. The number of amides is 1. The van der Waals surface area contributed by atoms with Crippen LogP contribution in [0.2, 0.25) is 0 Å². The molecule has 24 heavy (non-hydrogen) atoms. The lowest BCUT2D eigenvalue weighted by Crippen LogP contribution is -2.46. The summed E-state index contributed by atoms with van der Waals surface area (Å²) in [6, 6.07) is 11.5. The molecule has 0 saturated carbocycles. The number of nitrogens with one attached hydrogen (secondary N) is 1. The predicted molar refractivity (Wildman–Crippen MR) is 97.6 cm³/mol. The van der Waals surface area contributed by atoms with E-state index in [1.165, 1.54) is 18.7 Å². The van der Waals surface area contributed by atoms with Crippen LogP contribution in [0.3, 0.4) is 0 Å². The largest absolute Gasteiger partial charge is 0.369 e. The van der Waals surface area contributed by atoms with Gasteiger partial charge in [0.2, 0.25) is 0 Å². The molecule has 5 heteroatoms. The van der Waals surface area contributed by atoms with Gasteiger partial charge < -0.3 is 10.2 Å². The maximum atomic E-state index is 12.1. The van der Waals surface area contributed by atoms with Crippen LogP contribution < -0.4 is 10.2 Å². The van der Waals surface area contributed by atoms with Gasteiger partial charge in [0.1, 0.15) is 0 Å². The number of carbonyl (C=O) groups excluding carboxylic acids is 1. The van der Waals surface area contributed by atoms with E-state index in [2.05, 4.69) is 39.2 Å². The van der Waals surface area contributed by atoms with E-state index in [0.29, 0.717) is 5.56 Å². The van der Waals surface area contributed by atoms with Crippen molar-refractivity contribution in [2.45, 2.75) is 13.3 Å². The average molecular weight is 324 g/mol. The highest BCUT2D eigenvalue weighted by Gasteiger charge is 2.16. The minimum atomic E-state index is -0.113. The van der Waals surface area contributed by atoms with Crippen molar-refractivity contribution in [2.75, 3.05) is 42.9 Å². The molecular weight excluding hydrogens is 300 g/mol. The van der Waals surface area contributed by atoms with Gasteiger partial charge in [-0.3, -0.25) is 14.7 Å². The van der Waals surface area contributed by atoms with E-state index in [1.54, 1.807) is 24.5 Å². The van der Waals surface area contributed by atoms with Crippen LogP contribution in [-0.2, 0) is 0 Å². The number of hydrogen-bond donors (Lipinski definition) is 1. The van der Waals surface area contributed by atoms with Gasteiger partial charge in [-0.1, -0.05) is 6.92 Å². The molecule has 1 fully saturated rings. The summed E-state index contributed by atoms with van der Waals surface area (Å²) in [5.41, 5.74) is 2.64. The van der Waals surface area contributed by atoms with Crippen molar-refractivity contribution in [2.24, 2.45) is 0 Å². The number of pyridine rings is 1. The minimum Gasteiger partial charge on any atom is -0.369 e. The lowest BCUT2D eigenvalue weighted by molar-refractivity contribution is 0.102. The fourth-order valence-electron chi connectivity index (χ4n) is 3.01. The summed E-state index contributed by atoms with van der Waals surface area (Å²) in [5.74, 6) is -0.113. The third kappa shape index (κ3) is 4.11. The highest BCUT2D eigenvalue weighted by Crippen LogP contribution is 2.20. The van der Waals surface area contributed by atoms with Gasteiger partial charge in [0, 0.05) is 55.5 Å². The lowest BCUT2D eigenvalue weighted by Gasteiger charge is -2.36. The number of piperazine rings is 1. The van der Waals surface area contributed by atoms with Gasteiger partial charge in [0.05, 0.1) is 0 Å². The fraction of sp³-hybridized carbons (Fsp3) is 0.368. The van der Waals surface area contributed by atoms with Crippen LogP contribution in [0.1, 0.15) is 23.7 Å². The van der Waals surface area contributed by atoms with Crippen LogP contribution in [0.15, 0.2) is 48.8 Å². The van der Waals surface area contributed by atoms with E-state index in [9.17, 15) is 4.79 Å². The van der Waals surface area contributed by atoms with E-state index in [-0.39, 0.29) is 5.91 Å². The zero-order valence-corrected chi connectivity index (χ0v) is 14.1. The first-order valence-corrected chi connectivity index (χ1v) is 8.55. The summed E-state index contributed by atoms with van der Waals surface area (Å²) >= 11 is 0. The van der Waals surface area contributed by atoms with Crippen LogP contribution in [0, 0.1) is 0 Å². The topological polar surface area (TPSA) is 48.5 Å². The van der Waals surface area contributed by atoms with Gasteiger partial charge in [-0.15, -0.1) is 0 Å². The third-order valence-corrected chi connectivity index (χ3v) is 4.34. The molecule has 1 saturated heterocycles. The molecule has 1 aromatic carbocycles. The molecule has 2 heterocycles. The predicted octanol–water partition coefficient (Wildman–Crippen LogP) is 2.87. The Labute approximate surface area is 143 Å². The van der Waals surface area contributed by atoms with Gasteiger partial charge in [0.25, 0.3) is 5.91 Å². The molecule has 5 nitrogen and oxygen atoms in total. The summed E-state index contributed by atoms with van der Waals surface area (Å²) in [7, 11) is 0. The number of aromatic nitrogens is 1. The SMILES string of the molecule is CCCN1CCN(c2ccc(NC(=O)c3ccncc3)cc2)CC1. The summed E-state index contributed by atoms with van der Waals surface area (Å²) in [6.07, 6.45) is 4.46.